The van der Waals surface area contributed by atoms with Gasteiger partial charge in [0.05, 0.1) is 11.0 Å². The van der Waals surface area contributed by atoms with Crippen molar-refractivity contribution in [3.8, 4) is 0 Å². The van der Waals surface area contributed by atoms with Crippen LogP contribution in [-0.4, -0.2) is 21.6 Å². The molecule has 2 rings (SSSR count). The Morgan fingerprint density at radius 3 is 3.00 bits per heavy atom. The van der Waals surface area contributed by atoms with Gasteiger partial charge in [-0.05, 0) is 55.8 Å². The third kappa shape index (κ3) is 2.55. The quantitative estimate of drug-likeness (QED) is 0.842. The van der Waals surface area contributed by atoms with Crippen LogP contribution in [0.15, 0.2) is 18.2 Å². The Morgan fingerprint density at radius 2 is 2.29 bits per heavy atom. The van der Waals surface area contributed by atoms with Gasteiger partial charge in [-0.15, -0.1) is 0 Å². The third-order valence-electron chi connectivity index (χ3n) is 2.86. The molecule has 0 saturated carbocycles. The largest absolute Gasteiger partial charge is 0.331 e. The smallest absolute Gasteiger partial charge is 0.178 e. The van der Waals surface area contributed by atoms with Crippen LogP contribution in [0.5, 0.6) is 0 Å². The second kappa shape index (κ2) is 5.23. The molecule has 1 N–H and O–H groups in total. The van der Waals surface area contributed by atoms with E-state index in [1.54, 1.807) is 6.07 Å². The highest BCUT2D eigenvalue weighted by molar-refractivity contribution is 7.98. The van der Waals surface area contributed by atoms with E-state index in [2.05, 4.69) is 18.2 Å². The van der Waals surface area contributed by atoms with Crippen LogP contribution in [0, 0.1) is 10.6 Å². The molecule has 0 amide bonds. The molecule has 92 valence electrons. The molecule has 17 heavy (non-hydrogen) atoms. The normalized spacial score (nSPS) is 13.1. The summed E-state index contributed by atoms with van der Waals surface area (Å²) in [5.41, 5.74) is 1.75. The van der Waals surface area contributed by atoms with Gasteiger partial charge in [0.1, 0.15) is 5.82 Å². The average Bonchev–Trinajstić information content (AvgIpc) is 2.61. The molecule has 0 aliphatic rings. The molecule has 1 atom stereocenters. The van der Waals surface area contributed by atoms with Gasteiger partial charge in [0.2, 0.25) is 0 Å². The number of nitrogens with one attached hydrogen (secondary N) is 1. The fourth-order valence-electron chi connectivity index (χ4n) is 1.95. The first-order chi connectivity index (χ1) is 8.13. The molecule has 0 spiro atoms. The maximum atomic E-state index is 13.3. The first-order valence-corrected chi connectivity index (χ1v) is 7.32. The monoisotopic (exact) mass is 270 g/mol. The lowest BCUT2D eigenvalue weighted by atomic mass is 10.2. The van der Waals surface area contributed by atoms with Crippen molar-refractivity contribution in [2.75, 3.05) is 12.0 Å². The van der Waals surface area contributed by atoms with Crippen LogP contribution in [-0.2, 0) is 0 Å². The minimum Gasteiger partial charge on any atom is -0.331 e. The minimum absolute atomic E-state index is 0.225. The highest BCUT2D eigenvalue weighted by atomic mass is 32.2. The highest BCUT2D eigenvalue weighted by Gasteiger charge is 2.11. The number of thioether (sulfide) groups is 1. The first kappa shape index (κ1) is 12.6. The van der Waals surface area contributed by atoms with Gasteiger partial charge < -0.3 is 9.55 Å². The first-order valence-electron chi connectivity index (χ1n) is 5.52. The summed E-state index contributed by atoms with van der Waals surface area (Å²) in [5.74, 6) is 0.850. The molecule has 1 aromatic heterocycles. The summed E-state index contributed by atoms with van der Waals surface area (Å²) in [6.07, 6.45) is 3.11. The Balaban J connectivity index is 2.48. The summed E-state index contributed by atoms with van der Waals surface area (Å²) in [6.45, 7) is 2.12. The van der Waals surface area contributed by atoms with E-state index in [4.69, 9.17) is 12.2 Å². The number of rotatable bonds is 4. The predicted molar refractivity (Wildman–Crippen MR) is 74.8 cm³/mol. The molecule has 0 aliphatic heterocycles. The number of aromatic amines is 1. The van der Waals surface area contributed by atoms with Gasteiger partial charge in [-0.2, -0.15) is 11.8 Å². The summed E-state index contributed by atoms with van der Waals surface area (Å²) in [5, 5.41) is 0. The van der Waals surface area contributed by atoms with Crippen LogP contribution in [0.25, 0.3) is 11.0 Å². The predicted octanol–water partition coefficient (Wildman–Crippen LogP) is 4.15. The van der Waals surface area contributed by atoms with Crippen LogP contribution in [0.4, 0.5) is 4.39 Å². The van der Waals surface area contributed by atoms with Gasteiger partial charge in [0, 0.05) is 6.04 Å². The Kier molecular flexibility index (Phi) is 3.89. The molecule has 0 fully saturated rings. The standard InChI is InChI=1S/C12H15FN2S2/c1-8(5-6-17-2)15-11-7-9(13)3-4-10(11)14-12(15)16/h3-4,7-8H,5-6H2,1-2H3,(H,14,16). The number of H-pyrrole nitrogens is 1. The molecule has 2 aromatic rings. The fourth-order valence-corrected chi connectivity index (χ4v) is 2.91. The van der Waals surface area contributed by atoms with Crippen molar-refractivity contribution < 1.29 is 4.39 Å². The number of hydrogen-bond acceptors (Lipinski definition) is 2. The number of benzene rings is 1. The van der Waals surface area contributed by atoms with E-state index in [1.807, 2.05) is 16.3 Å². The summed E-state index contributed by atoms with van der Waals surface area (Å²) in [7, 11) is 0. The van der Waals surface area contributed by atoms with E-state index in [-0.39, 0.29) is 11.9 Å². The van der Waals surface area contributed by atoms with Crippen LogP contribution >= 0.6 is 24.0 Å². The molecule has 0 radical (unpaired) electrons. The van der Waals surface area contributed by atoms with Gasteiger partial charge in [0.15, 0.2) is 4.77 Å². The topological polar surface area (TPSA) is 20.7 Å². The van der Waals surface area contributed by atoms with Crippen LogP contribution in [0.3, 0.4) is 0 Å². The van der Waals surface area contributed by atoms with Crippen LogP contribution in [0.2, 0.25) is 0 Å². The van der Waals surface area contributed by atoms with Gasteiger partial charge in [-0.3, -0.25) is 0 Å². The van der Waals surface area contributed by atoms with E-state index in [0.717, 1.165) is 23.2 Å². The Hall–Kier alpha value is -0.810. The zero-order valence-corrected chi connectivity index (χ0v) is 11.5. The molecule has 0 bridgehead atoms. The van der Waals surface area contributed by atoms with Gasteiger partial charge >= 0.3 is 0 Å². The van der Waals surface area contributed by atoms with E-state index >= 15 is 0 Å². The lowest BCUT2D eigenvalue weighted by molar-refractivity contribution is 0.541. The zero-order chi connectivity index (χ0) is 12.4. The van der Waals surface area contributed by atoms with Crippen molar-refractivity contribution in [3.05, 3.63) is 28.8 Å². The SMILES string of the molecule is CSCCC(C)n1c(=S)[nH]c2ccc(F)cc21. The van der Waals surface area contributed by atoms with Crippen molar-refractivity contribution in [3.63, 3.8) is 0 Å². The molecule has 2 nitrogen and oxygen atoms in total. The molecular formula is C12H15FN2S2. The number of aromatic nitrogens is 2. The molecule has 0 saturated heterocycles. The molecule has 5 heteroatoms. The lowest BCUT2D eigenvalue weighted by Crippen LogP contribution is -2.06. The van der Waals surface area contributed by atoms with E-state index in [0.29, 0.717) is 4.77 Å². The van der Waals surface area contributed by atoms with E-state index in [1.165, 1.54) is 12.1 Å². The lowest BCUT2D eigenvalue weighted by Gasteiger charge is -2.13. The van der Waals surface area contributed by atoms with E-state index < -0.39 is 0 Å². The number of hydrogen-bond donors (Lipinski definition) is 1. The number of fused-ring (bicyclic) bond motifs is 1. The van der Waals surface area contributed by atoms with Gasteiger partial charge in [-0.1, -0.05) is 0 Å². The van der Waals surface area contributed by atoms with E-state index in [9.17, 15) is 4.39 Å². The van der Waals surface area contributed by atoms with Crippen molar-refractivity contribution in [2.24, 2.45) is 0 Å². The molecule has 0 aliphatic carbocycles. The number of nitrogens with zero attached hydrogens (tertiary/aromatic N) is 1. The maximum absolute atomic E-state index is 13.3. The van der Waals surface area contributed by atoms with Crippen molar-refractivity contribution in [2.45, 2.75) is 19.4 Å². The van der Waals surface area contributed by atoms with Crippen LogP contribution in [0.1, 0.15) is 19.4 Å². The Morgan fingerprint density at radius 1 is 1.53 bits per heavy atom. The zero-order valence-electron chi connectivity index (χ0n) is 9.87. The molecule has 1 aromatic carbocycles. The second-order valence-electron chi connectivity index (χ2n) is 4.09. The summed E-state index contributed by atoms with van der Waals surface area (Å²) in [6, 6.07) is 5.01. The molecule has 1 heterocycles. The molecule has 1 unspecified atom stereocenters. The van der Waals surface area contributed by atoms with Crippen molar-refractivity contribution >= 4 is 35.0 Å². The van der Waals surface area contributed by atoms with Crippen LogP contribution < -0.4 is 0 Å². The third-order valence-corrected chi connectivity index (χ3v) is 3.80. The maximum Gasteiger partial charge on any atom is 0.178 e. The molecular weight excluding hydrogens is 255 g/mol. The minimum atomic E-state index is -0.225. The average molecular weight is 270 g/mol. The summed E-state index contributed by atoms with van der Waals surface area (Å²) >= 11 is 7.11. The Labute approximate surface area is 109 Å². The van der Waals surface area contributed by atoms with Gasteiger partial charge in [-0.25, -0.2) is 4.39 Å². The second-order valence-corrected chi connectivity index (χ2v) is 5.46. The Bertz CT molecular complexity index is 573. The number of imidazole rings is 1. The van der Waals surface area contributed by atoms with Gasteiger partial charge in [0.25, 0.3) is 0 Å². The van der Waals surface area contributed by atoms with Crippen molar-refractivity contribution in [1.29, 1.82) is 0 Å². The fraction of sp³-hybridized carbons (Fsp3) is 0.417. The summed E-state index contributed by atoms with van der Waals surface area (Å²) < 4.78 is 15.9. The highest BCUT2D eigenvalue weighted by Crippen LogP contribution is 2.22. The summed E-state index contributed by atoms with van der Waals surface area (Å²) in [4.78, 5) is 3.12. The number of halogens is 1. The van der Waals surface area contributed by atoms with Crippen molar-refractivity contribution in [1.82, 2.24) is 9.55 Å².